The Morgan fingerprint density at radius 1 is 1.20 bits per heavy atom. The summed E-state index contributed by atoms with van der Waals surface area (Å²) in [6, 6.07) is 12.6. The predicted octanol–water partition coefficient (Wildman–Crippen LogP) is 1.57. The Morgan fingerprint density at radius 3 is 2.55 bits per heavy atom. The SMILES string of the molecule is CC(Cc1ccccc1)NS(=O)(=O)c1ncccc1N. The summed E-state index contributed by atoms with van der Waals surface area (Å²) < 4.78 is 27.0. The molecular formula is C14H17N3O2S. The minimum absolute atomic E-state index is 0.125. The van der Waals surface area contributed by atoms with E-state index in [1.54, 1.807) is 6.07 Å². The maximum atomic E-state index is 12.2. The van der Waals surface area contributed by atoms with Gasteiger partial charge >= 0.3 is 0 Å². The van der Waals surface area contributed by atoms with Crippen LogP contribution < -0.4 is 10.5 Å². The molecule has 0 aliphatic rings. The van der Waals surface area contributed by atoms with Crippen molar-refractivity contribution in [3.8, 4) is 0 Å². The van der Waals surface area contributed by atoms with Crippen molar-refractivity contribution in [1.82, 2.24) is 9.71 Å². The molecule has 0 aliphatic heterocycles. The summed E-state index contributed by atoms with van der Waals surface area (Å²) in [5.41, 5.74) is 6.86. The molecule has 6 heteroatoms. The number of hydrogen-bond donors (Lipinski definition) is 2. The molecule has 1 unspecified atom stereocenters. The van der Waals surface area contributed by atoms with Gasteiger partial charge in [-0.15, -0.1) is 0 Å². The van der Waals surface area contributed by atoms with E-state index in [9.17, 15) is 8.42 Å². The standard InChI is InChI=1S/C14H17N3O2S/c1-11(10-12-6-3-2-4-7-12)17-20(18,19)14-13(15)8-5-9-16-14/h2-9,11,17H,10,15H2,1H3. The van der Waals surface area contributed by atoms with Crippen LogP contribution in [0, 0.1) is 0 Å². The van der Waals surface area contributed by atoms with Gasteiger partial charge in [0.05, 0.1) is 5.69 Å². The Bertz CT molecular complexity index is 672. The van der Waals surface area contributed by atoms with Gasteiger partial charge in [0.1, 0.15) is 0 Å². The van der Waals surface area contributed by atoms with Gasteiger partial charge in [0, 0.05) is 12.2 Å². The second kappa shape index (κ2) is 6.02. The summed E-state index contributed by atoms with van der Waals surface area (Å²) in [6.07, 6.45) is 2.01. The van der Waals surface area contributed by atoms with Crippen LogP contribution in [0.4, 0.5) is 5.69 Å². The highest BCUT2D eigenvalue weighted by Crippen LogP contribution is 2.14. The number of sulfonamides is 1. The van der Waals surface area contributed by atoms with Gasteiger partial charge in [-0.3, -0.25) is 0 Å². The molecule has 0 radical (unpaired) electrons. The maximum Gasteiger partial charge on any atom is 0.260 e. The zero-order valence-corrected chi connectivity index (χ0v) is 12.0. The number of anilines is 1. The highest BCUT2D eigenvalue weighted by molar-refractivity contribution is 7.89. The summed E-state index contributed by atoms with van der Waals surface area (Å²) in [5, 5.41) is -0.125. The van der Waals surface area contributed by atoms with Crippen LogP contribution >= 0.6 is 0 Å². The Balaban J connectivity index is 2.11. The third-order valence-corrected chi connectivity index (χ3v) is 4.36. The second-order valence-corrected chi connectivity index (χ2v) is 6.24. The summed E-state index contributed by atoms with van der Waals surface area (Å²) >= 11 is 0. The molecule has 1 aromatic heterocycles. The van der Waals surface area contributed by atoms with Crippen molar-refractivity contribution in [3.05, 3.63) is 54.2 Å². The van der Waals surface area contributed by atoms with E-state index in [1.807, 2.05) is 37.3 Å². The Hall–Kier alpha value is -1.92. The summed E-state index contributed by atoms with van der Waals surface area (Å²) in [5.74, 6) is 0. The summed E-state index contributed by atoms with van der Waals surface area (Å²) in [4.78, 5) is 3.83. The van der Waals surface area contributed by atoms with Crippen molar-refractivity contribution in [2.75, 3.05) is 5.73 Å². The van der Waals surface area contributed by atoms with E-state index in [2.05, 4.69) is 9.71 Å². The largest absolute Gasteiger partial charge is 0.396 e. The lowest BCUT2D eigenvalue weighted by Crippen LogP contribution is -2.35. The number of pyridine rings is 1. The molecule has 2 rings (SSSR count). The molecule has 0 bridgehead atoms. The first-order valence-electron chi connectivity index (χ1n) is 6.26. The fraction of sp³-hybridized carbons (Fsp3) is 0.214. The van der Waals surface area contributed by atoms with Crippen molar-refractivity contribution in [3.63, 3.8) is 0 Å². The number of nitrogens with zero attached hydrogens (tertiary/aromatic N) is 1. The fourth-order valence-electron chi connectivity index (χ4n) is 1.96. The van der Waals surface area contributed by atoms with Crippen LogP contribution in [0.1, 0.15) is 12.5 Å². The first kappa shape index (κ1) is 14.5. The monoisotopic (exact) mass is 291 g/mol. The topological polar surface area (TPSA) is 85.1 Å². The molecule has 1 aromatic carbocycles. The average molecular weight is 291 g/mol. The number of benzene rings is 1. The van der Waals surface area contributed by atoms with Crippen LogP contribution in [0.25, 0.3) is 0 Å². The first-order chi connectivity index (χ1) is 9.49. The van der Waals surface area contributed by atoms with E-state index < -0.39 is 10.0 Å². The lowest BCUT2D eigenvalue weighted by molar-refractivity contribution is 0.557. The molecule has 0 fully saturated rings. The Morgan fingerprint density at radius 2 is 1.90 bits per heavy atom. The molecule has 0 saturated heterocycles. The third kappa shape index (κ3) is 3.55. The van der Waals surface area contributed by atoms with E-state index in [4.69, 9.17) is 5.73 Å². The van der Waals surface area contributed by atoms with Crippen LogP contribution in [0.15, 0.2) is 53.7 Å². The van der Waals surface area contributed by atoms with E-state index in [0.717, 1.165) is 5.56 Å². The van der Waals surface area contributed by atoms with Crippen LogP contribution in [0.3, 0.4) is 0 Å². The number of rotatable bonds is 5. The van der Waals surface area contributed by atoms with Crippen molar-refractivity contribution in [2.24, 2.45) is 0 Å². The van der Waals surface area contributed by atoms with Gasteiger partial charge in [-0.05, 0) is 31.0 Å². The van der Waals surface area contributed by atoms with Gasteiger partial charge in [-0.1, -0.05) is 30.3 Å². The smallest absolute Gasteiger partial charge is 0.260 e. The zero-order chi connectivity index (χ0) is 14.6. The third-order valence-electron chi connectivity index (χ3n) is 2.80. The van der Waals surface area contributed by atoms with Gasteiger partial charge in [-0.2, -0.15) is 0 Å². The minimum atomic E-state index is -3.70. The number of nitrogens with one attached hydrogen (secondary N) is 1. The highest BCUT2D eigenvalue weighted by Gasteiger charge is 2.21. The molecule has 0 amide bonds. The molecule has 0 saturated carbocycles. The normalized spacial score (nSPS) is 13.1. The molecule has 0 aliphatic carbocycles. The molecule has 1 atom stereocenters. The zero-order valence-electron chi connectivity index (χ0n) is 11.2. The second-order valence-electron chi connectivity index (χ2n) is 4.61. The van der Waals surface area contributed by atoms with Gasteiger partial charge in [-0.25, -0.2) is 18.1 Å². The molecular weight excluding hydrogens is 274 g/mol. The number of hydrogen-bond acceptors (Lipinski definition) is 4. The summed E-state index contributed by atoms with van der Waals surface area (Å²) in [6.45, 7) is 1.81. The van der Waals surface area contributed by atoms with E-state index in [-0.39, 0.29) is 16.8 Å². The fourth-order valence-corrected chi connectivity index (χ4v) is 3.26. The van der Waals surface area contributed by atoms with Crippen LogP contribution in [0.2, 0.25) is 0 Å². The molecule has 106 valence electrons. The van der Waals surface area contributed by atoms with Gasteiger partial charge in [0.15, 0.2) is 5.03 Å². The first-order valence-corrected chi connectivity index (χ1v) is 7.74. The molecule has 5 nitrogen and oxygen atoms in total. The maximum absolute atomic E-state index is 12.2. The quantitative estimate of drug-likeness (QED) is 0.875. The number of nitrogens with two attached hydrogens (primary N) is 1. The molecule has 20 heavy (non-hydrogen) atoms. The van der Waals surface area contributed by atoms with Crippen molar-refractivity contribution in [1.29, 1.82) is 0 Å². The average Bonchev–Trinajstić information content (AvgIpc) is 2.39. The number of aromatic nitrogens is 1. The molecule has 0 spiro atoms. The van der Waals surface area contributed by atoms with Crippen LogP contribution in [-0.2, 0) is 16.4 Å². The lowest BCUT2D eigenvalue weighted by atomic mass is 10.1. The number of nitrogen functional groups attached to an aromatic ring is 1. The van der Waals surface area contributed by atoms with Gasteiger partial charge in [0.25, 0.3) is 10.0 Å². The summed E-state index contributed by atoms with van der Waals surface area (Å²) in [7, 11) is -3.70. The van der Waals surface area contributed by atoms with Gasteiger partial charge < -0.3 is 5.73 Å². The van der Waals surface area contributed by atoms with Crippen LogP contribution in [0.5, 0.6) is 0 Å². The minimum Gasteiger partial charge on any atom is -0.396 e. The molecule has 2 aromatic rings. The van der Waals surface area contributed by atoms with E-state index >= 15 is 0 Å². The molecule has 3 N–H and O–H groups in total. The van der Waals surface area contributed by atoms with E-state index in [0.29, 0.717) is 6.42 Å². The van der Waals surface area contributed by atoms with Crippen molar-refractivity contribution in [2.45, 2.75) is 24.4 Å². The van der Waals surface area contributed by atoms with Gasteiger partial charge in [0.2, 0.25) is 0 Å². The Kier molecular flexibility index (Phi) is 4.36. The predicted molar refractivity (Wildman–Crippen MR) is 78.6 cm³/mol. The Labute approximate surface area is 118 Å². The van der Waals surface area contributed by atoms with Crippen molar-refractivity contribution < 1.29 is 8.42 Å². The van der Waals surface area contributed by atoms with E-state index in [1.165, 1.54) is 12.3 Å². The van der Waals surface area contributed by atoms with Crippen LogP contribution in [-0.4, -0.2) is 19.4 Å². The lowest BCUT2D eigenvalue weighted by Gasteiger charge is -2.14. The van der Waals surface area contributed by atoms with Crippen molar-refractivity contribution >= 4 is 15.7 Å². The highest BCUT2D eigenvalue weighted by atomic mass is 32.2. The molecule has 1 heterocycles.